The predicted molar refractivity (Wildman–Crippen MR) is 71.6 cm³/mol. The molecule has 2 aromatic carbocycles. The summed E-state index contributed by atoms with van der Waals surface area (Å²) in [7, 11) is 0. The Bertz CT molecular complexity index is 732. The fourth-order valence-electron chi connectivity index (χ4n) is 1.62. The zero-order valence-corrected chi connectivity index (χ0v) is 11.0. The highest BCUT2D eigenvalue weighted by atomic mass is 35.5. The first-order chi connectivity index (χ1) is 9.63. The summed E-state index contributed by atoms with van der Waals surface area (Å²) in [6, 6.07) is 12.6. The van der Waals surface area contributed by atoms with Gasteiger partial charge in [0.05, 0.1) is 11.1 Å². The number of ether oxygens (including phenoxy) is 1. The zero-order chi connectivity index (χ0) is 14.5. The van der Waals surface area contributed by atoms with Crippen LogP contribution in [0.2, 0.25) is 5.02 Å². The van der Waals surface area contributed by atoms with Crippen molar-refractivity contribution in [2.75, 3.05) is 0 Å². The molecule has 98 valence electrons. The average Bonchev–Trinajstić information content (AvgIpc) is 2.46. The SMILES string of the molecule is N#Cc1cc(COc2cc(Cl)ccc2C#N)ccc1F. The number of nitrogens with zero attached hydrogens (tertiary/aromatic N) is 2. The summed E-state index contributed by atoms with van der Waals surface area (Å²) in [6.07, 6.45) is 0. The van der Waals surface area contributed by atoms with E-state index in [1.54, 1.807) is 18.2 Å². The highest BCUT2D eigenvalue weighted by Gasteiger charge is 2.07. The molecule has 5 heteroatoms. The van der Waals surface area contributed by atoms with Gasteiger partial charge in [-0.05, 0) is 29.8 Å². The molecule has 0 N–H and O–H groups in total. The third kappa shape index (κ3) is 3.06. The van der Waals surface area contributed by atoms with E-state index in [2.05, 4.69) is 0 Å². The summed E-state index contributed by atoms with van der Waals surface area (Å²) in [5.41, 5.74) is 0.946. The minimum Gasteiger partial charge on any atom is -0.487 e. The third-order valence-corrected chi connectivity index (χ3v) is 2.84. The molecule has 2 aromatic rings. The Labute approximate surface area is 120 Å². The van der Waals surface area contributed by atoms with Gasteiger partial charge < -0.3 is 4.74 Å². The minimum atomic E-state index is -0.572. The maximum Gasteiger partial charge on any atom is 0.140 e. The molecule has 0 atom stereocenters. The number of hydrogen-bond acceptors (Lipinski definition) is 3. The lowest BCUT2D eigenvalue weighted by Crippen LogP contribution is -1.98. The van der Waals surface area contributed by atoms with Gasteiger partial charge in [0.15, 0.2) is 0 Å². The van der Waals surface area contributed by atoms with E-state index in [9.17, 15) is 4.39 Å². The van der Waals surface area contributed by atoms with Crippen LogP contribution in [0.4, 0.5) is 4.39 Å². The minimum absolute atomic E-state index is 0.0438. The highest BCUT2D eigenvalue weighted by Crippen LogP contribution is 2.24. The molecule has 0 aliphatic carbocycles. The van der Waals surface area contributed by atoms with Crippen molar-refractivity contribution in [3.63, 3.8) is 0 Å². The molecule has 0 aromatic heterocycles. The van der Waals surface area contributed by atoms with E-state index in [4.69, 9.17) is 26.9 Å². The standard InChI is InChI=1S/C15H8ClFN2O/c16-13-3-2-11(7-18)15(6-13)20-9-10-1-4-14(17)12(5-10)8-19/h1-6H,9H2. The van der Waals surface area contributed by atoms with E-state index in [0.717, 1.165) is 0 Å². The maximum absolute atomic E-state index is 13.2. The molecule has 0 fully saturated rings. The van der Waals surface area contributed by atoms with Crippen LogP contribution in [0.15, 0.2) is 36.4 Å². The normalized spacial score (nSPS) is 9.60. The van der Waals surface area contributed by atoms with Crippen molar-refractivity contribution < 1.29 is 9.13 Å². The molecule has 0 saturated heterocycles. The molecule has 0 saturated carbocycles. The topological polar surface area (TPSA) is 56.8 Å². The lowest BCUT2D eigenvalue weighted by Gasteiger charge is -2.08. The van der Waals surface area contributed by atoms with Gasteiger partial charge in [-0.15, -0.1) is 0 Å². The number of rotatable bonds is 3. The van der Waals surface area contributed by atoms with Crippen molar-refractivity contribution in [1.29, 1.82) is 10.5 Å². The van der Waals surface area contributed by atoms with Crippen molar-refractivity contribution in [3.8, 4) is 17.9 Å². The first-order valence-electron chi connectivity index (χ1n) is 5.65. The van der Waals surface area contributed by atoms with Crippen LogP contribution >= 0.6 is 11.6 Å². The second-order valence-corrected chi connectivity index (χ2v) is 4.40. The summed E-state index contributed by atoms with van der Waals surface area (Å²) in [4.78, 5) is 0. The lowest BCUT2D eigenvalue weighted by atomic mass is 10.1. The van der Waals surface area contributed by atoms with Crippen LogP contribution < -0.4 is 4.74 Å². The van der Waals surface area contributed by atoms with Crippen LogP contribution in [-0.2, 0) is 6.61 Å². The van der Waals surface area contributed by atoms with Crippen molar-refractivity contribution in [3.05, 3.63) is 63.9 Å². The second kappa shape index (κ2) is 6.06. The van der Waals surface area contributed by atoms with Crippen LogP contribution in [0.5, 0.6) is 5.75 Å². The van der Waals surface area contributed by atoms with Crippen molar-refractivity contribution in [2.24, 2.45) is 0 Å². The molecule has 20 heavy (non-hydrogen) atoms. The maximum atomic E-state index is 13.2. The molecule has 0 aliphatic rings. The average molecular weight is 287 g/mol. The van der Waals surface area contributed by atoms with E-state index in [1.165, 1.54) is 24.3 Å². The molecule has 0 amide bonds. The van der Waals surface area contributed by atoms with Gasteiger partial charge in [-0.25, -0.2) is 4.39 Å². The highest BCUT2D eigenvalue weighted by molar-refractivity contribution is 6.30. The van der Waals surface area contributed by atoms with Gasteiger partial charge >= 0.3 is 0 Å². The molecule has 0 aliphatic heterocycles. The van der Waals surface area contributed by atoms with Crippen LogP contribution in [-0.4, -0.2) is 0 Å². The van der Waals surface area contributed by atoms with Gasteiger partial charge in [-0.2, -0.15) is 10.5 Å². The van der Waals surface area contributed by atoms with Gasteiger partial charge in [-0.3, -0.25) is 0 Å². The van der Waals surface area contributed by atoms with E-state index in [0.29, 0.717) is 21.9 Å². The van der Waals surface area contributed by atoms with Crippen molar-refractivity contribution in [1.82, 2.24) is 0 Å². The Balaban J connectivity index is 2.19. The van der Waals surface area contributed by atoms with E-state index in [-0.39, 0.29) is 12.2 Å². The summed E-state index contributed by atoms with van der Waals surface area (Å²) in [5, 5.41) is 18.2. The smallest absolute Gasteiger partial charge is 0.140 e. The first kappa shape index (κ1) is 13.9. The molecular weight excluding hydrogens is 279 g/mol. The molecule has 0 heterocycles. The van der Waals surface area contributed by atoms with Gasteiger partial charge in [0.1, 0.15) is 30.3 Å². The monoisotopic (exact) mass is 286 g/mol. The number of benzene rings is 2. The summed E-state index contributed by atoms with van der Waals surface area (Å²) in [6.45, 7) is 0.115. The van der Waals surface area contributed by atoms with E-state index < -0.39 is 5.82 Å². The number of nitriles is 2. The molecule has 3 nitrogen and oxygen atoms in total. The quantitative estimate of drug-likeness (QED) is 0.862. The summed E-state index contributed by atoms with van der Waals surface area (Å²) in [5.74, 6) is -0.223. The van der Waals surface area contributed by atoms with E-state index in [1.807, 2.05) is 6.07 Å². The molecule has 0 radical (unpaired) electrons. The summed E-state index contributed by atoms with van der Waals surface area (Å²) < 4.78 is 18.7. The molecular formula is C15H8ClFN2O. The van der Waals surface area contributed by atoms with Crippen LogP contribution in [0.1, 0.15) is 16.7 Å². The molecule has 0 bridgehead atoms. The zero-order valence-electron chi connectivity index (χ0n) is 10.2. The van der Waals surface area contributed by atoms with Gasteiger partial charge in [0.2, 0.25) is 0 Å². The van der Waals surface area contributed by atoms with Crippen LogP contribution in [0.3, 0.4) is 0 Å². The Hall–Kier alpha value is -2.56. The molecule has 2 rings (SSSR count). The molecule has 0 spiro atoms. The molecule has 0 unspecified atom stereocenters. The van der Waals surface area contributed by atoms with Gasteiger partial charge in [0.25, 0.3) is 0 Å². The Morgan fingerprint density at radius 1 is 1.05 bits per heavy atom. The number of hydrogen-bond donors (Lipinski definition) is 0. The van der Waals surface area contributed by atoms with Crippen LogP contribution in [0.25, 0.3) is 0 Å². The Morgan fingerprint density at radius 3 is 2.50 bits per heavy atom. The Morgan fingerprint density at radius 2 is 1.80 bits per heavy atom. The predicted octanol–water partition coefficient (Wildman–Crippen LogP) is 3.80. The summed E-state index contributed by atoms with van der Waals surface area (Å²) >= 11 is 5.84. The van der Waals surface area contributed by atoms with Crippen molar-refractivity contribution >= 4 is 11.6 Å². The second-order valence-electron chi connectivity index (χ2n) is 3.97. The lowest BCUT2D eigenvalue weighted by molar-refractivity contribution is 0.305. The third-order valence-electron chi connectivity index (χ3n) is 2.61. The number of halogens is 2. The first-order valence-corrected chi connectivity index (χ1v) is 6.03. The van der Waals surface area contributed by atoms with Crippen LogP contribution in [0, 0.1) is 28.5 Å². The van der Waals surface area contributed by atoms with E-state index >= 15 is 0 Å². The largest absolute Gasteiger partial charge is 0.487 e. The van der Waals surface area contributed by atoms with Crippen molar-refractivity contribution in [2.45, 2.75) is 6.61 Å². The van der Waals surface area contributed by atoms with Gasteiger partial charge in [-0.1, -0.05) is 17.7 Å². The Kier molecular flexibility index (Phi) is 4.20. The fraction of sp³-hybridized carbons (Fsp3) is 0.0667. The van der Waals surface area contributed by atoms with Gasteiger partial charge in [0, 0.05) is 11.1 Å². The fourth-order valence-corrected chi connectivity index (χ4v) is 1.78.